The minimum absolute atomic E-state index is 0.0302. The van der Waals surface area contributed by atoms with Crippen molar-refractivity contribution in [3.05, 3.63) is 24.0 Å². The Labute approximate surface area is 118 Å². The summed E-state index contributed by atoms with van der Waals surface area (Å²) in [5.74, 6) is -0.652. The van der Waals surface area contributed by atoms with Crippen LogP contribution in [0.4, 0.5) is 4.39 Å². The van der Waals surface area contributed by atoms with Crippen molar-refractivity contribution in [1.82, 2.24) is 10.0 Å². The van der Waals surface area contributed by atoms with Gasteiger partial charge in [-0.3, -0.25) is 0 Å². The number of hydrogen-bond acceptors (Lipinski definition) is 4. The first-order valence-corrected chi connectivity index (χ1v) is 8.08. The highest BCUT2D eigenvalue weighted by molar-refractivity contribution is 7.89. The molecule has 1 aliphatic rings. The molecular weight excluding hydrogens is 283 g/mol. The lowest BCUT2D eigenvalue weighted by Crippen LogP contribution is -2.35. The van der Waals surface area contributed by atoms with E-state index in [2.05, 4.69) is 10.0 Å². The highest BCUT2D eigenvalue weighted by Crippen LogP contribution is 2.21. The molecule has 0 bridgehead atoms. The molecule has 1 unspecified atom stereocenters. The van der Waals surface area contributed by atoms with Crippen LogP contribution in [0.25, 0.3) is 0 Å². The SMILES string of the molecule is COc1ccc(S(=O)(=O)NC2CCCNCC2)cc1F. The number of methoxy groups -OCH3 is 1. The Hall–Kier alpha value is -1.18. The maximum absolute atomic E-state index is 13.6. The predicted octanol–water partition coefficient (Wildman–Crippen LogP) is 1.25. The third-order valence-corrected chi connectivity index (χ3v) is 4.85. The van der Waals surface area contributed by atoms with E-state index in [4.69, 9.17) is 4.74 Å². The molecule has 2 rings (SSSR count). The van der Waals surface area contributed by atoms with Crippen LogP contribution < -0.4 is 14.8 Å². The van der Waals surface area contributed by atoms with E-state index < -0.39 is 15.8 Å². The Kier molecular flexibility index (Phi) is 4.95. The topological polar surface area (TPSA) is 67.4 Å². The second kappa shape index (κ2) is 6.51. The van der Waals surface area contributed by atoms with Crippen LogP contribution in [0.1, 0.15) is 19.3 Å². The molecule has 20 heavy (non-hydrogen) atoms. The van der Waals surface area contributed by atoms with Gasteiger partial charge in [0.2, 0.25) is 10.0 Å². The molecule has 1 aromatic carbocycles. The van der Waals surface area contributed by atoms with Crippen molar-refractivity contribution in [3.63, 3.8) is 0 Å². The Balaban J connectivity index is 2.15. The first kappa shape index (κ1) is 15.2. The number of hydrogen-bond donors (Lipinski definition) is 2. The minimum Gasteiger partial charge on any atom is -0.494 e. The number of rotatable bonds is 4. The lowest BCUT2D eigenvalue weighted by atomic mass is 10.1. The van der Waals surface area contributed by atoms with E-state index in [1.54, 1.807) is 0 Å². The largest absolute Gasteiger partial charge is 0.494 e. The molecule has 1 atom stereocenters. The van der Waals surface area contributed by atoms with E-state index in [0.29, 0.717) is 0 Å². The summed E-state index contributed by atoms with van der Waals surface area (Å²) in [7, 11) is -2.36. The molecule has 1 aliphatic heterocycles. The third kappa shape index (κ3) is 3.68. The van der Waals surface area contributed by atoms with Gasteiger partial charge in [0.1, 0.15) is 0 Å². The zero-order valence-electron chi connectivity index (χ0n) is 11.4. The van der Waals surface area contributed by atoms with Gasteiger partial charge in [0.25, 0.3) is 0 Å². The summed E-state index contributed by atoms with van der Waals surface area (Å²) in [5.41, 5.74) is 0. The van der Waals surface area contributed by atoms with Gasteiger partial charge in [0, 0.05) is 6.04 Å². The first-order valence-electron chi connectivity index (χ1n) is 6.59. The second-order valence-corrected chi connectivity index (χ2v) is 6.51. The van der Waals surface area contributed by atoms with E-state index in [0.717, 1.165) is 38.4 Å². The van der Waals surface area contributed by atoms with Gasteiger partial charge in [0.15, 0.2) is 11.6 Å². The second-order valence-electron chi connectivity index (χ2n) is 4.80. The third-order valence-electron chi connectivity index (χ3n) is 3.33. The highest BCUT2D eigenvalue weighted by atomic mass is 32.2. The monoisotopic (exact) mass is 302 g/mol. The summed E-state index contributed by atoms with van der Waals surface area (Å²) in [6.07, 6.45) is 2.44. The van der Waals surface area contributed by atoms with Crippen LogP contribution in [-0.4, -0.2) is 34.7 Å². The summed E-state index contributed by atoms with van der Waals surface area (Å²) in [5, 5.41) is 3.22. The van der Waals surface area contributed by atoms with Crippen LogP contribution in [0.5, 0.6) is 5.75 Å². The molecule has 0 aliphatic carbocycles. The Morgan fingerprint density at radius 1 is 1.35 bits per heavy atom. The highest BCUT2D eigenvalue weighted by Gasteiger charge is 2.22. The van der Waals surface area contributed by atoms with Gasteiger partial charge >= 0.3 is 0 Å². The fourth-order valence-corrected chi connectivity index (χ4v) is 3.56. The summed E-state index contributed by atoms with van der Waals surface area (Å²) < 4.78 is 45.5. The number of sulfonamides is 1. The Morgan fingerprint density at radius 3 is 2.85 bits per heavy atom. The van der Waals surface area contributed by atoms with Crippen molar-refractivity contribution in [3.8, 4) is 5.75 Å². The number of benzene rings is 1. The van der Waals surface area contributed by atoms with Gasteiger partial charge in [-0.1, -0.05) is 0 Å². The van der Waals surface area contributed by atoms with Crippen molar-refractivity contribution in [1.29, 1.82) is 0 Å². The summed E-state index contributed by atoms with van der Waals surface area (Å²) in [6.45, 7) is 1.68. The lowest BCUT2D eigenvalue weighted by Gasteiger charge is -2.16. The van der Waals surface area contributed by atoms with Gasteiger partial charge in [-0.05, 0) is 50.6 Å². The van der Waals surface area contributed by atoms with E-state index in [9.17, 15) is 12.8 Å². The lowest BCUT2D eigenvalue weighted by molar-refractivity contribution is 0.385. The smallest absolute Gasteiger partial charge is 0.240 e. The number of nitrogens with one attached hydrogen (secondary N) is 2. The van der Waals surface area contributed by atoms with Crippen molar-refractivity contribution >= 4 is 10.0 Å². The van der Waals surface area contributed by atoms with Crippen molar-refractivity contribution in [2.24, 2.45) is 0 Å². The van der Waals surface area contributed by atoms with Gasteiger partial charge in [0.05, 0.1) is 12.0 Å². The van der Waals surface area contributed by atoms with E-state index in [-0.39, 0.29) is 16.7 Å². The zero-order chi connectivity index (χ0) is 14.6. The molecule has 1 fully saturated rings. The van der Waals surface area contributed by atoms with E-state index in [1.165, 1.54) is 19.2 Å². The van der Waals surface area contributed by atoms with E-state index in [1.807, 2.05) is 0 Å². The zero-order valence-corrected chi connectivity index (χ0v) is 12.2. The van der Waals surface area contributed by atoms with Crippen LogP contribution >= 0.6 is 0 Å². The Bertz CT molecular complexity index is 555. The molecule has 1 saturated heterocycles. The van der Waals surface area contributed by atoms with Crippen molar-refractivity contribution in [2.45, 2.75) is 30.2 Å². The van der Waals surface area contributed by atoms with Crippen LogP contribution in [0.2, 0.25) is 0 Å². The Morgan fingerprint density at radius 2 is 2.15 bits per heavy atom. The fraction of sp³-hybridized carbons (Fsp3) is 0.538. The molecule has 0 radical (unpaired) electrons. The molecule has 2 N–H and O–H groups in total. The van der Waals surface area contributed by atoms with E-state index >= 15 is 0 Å². The molecule has 0 amide bonds. The minimum atomic E-state index is -3.70. The number of halogens is 1. The van der Waals surface area contributed by atoms with Gasteiger partial charge in [-0.15, -0.1) is 0 Å². The fourth-order valence-electron chi connectivity index (χ4n) is 2.24. The predicted molar refractivity (Wildman–Crippen MR) is 73.8 cm³/mol. The summed E-state index contributed by atoms with van der Waals surface area (Å²) >= 11 is 0. The van der Waals surface area contributed by atoms with Crippen LogP contribution in [0, 0.1) is 5.82 Å². The van der Waals surface area contributed by atoms with Gasteiger partial charge in [-0.2, -0.15) is 0 Å². The normalized spacial score (nSPS) is 20.4. The average molecular weight is 302 g/mol. The molecule has 0 saturated carbocycles. The molecule has 1 aromatic rings. The van der Waals surface area contributed by atoms with Crippen LogP contribution in [-0.2, 0) is 10.0 Å². The van der Waals surface area contributed by atoms with Gasteiger partial charge < -0.3 is 10.1 Å². The maximum atomic E-state index is 13.6. The van der Waals surface area contributed by atoms with Crippen LogP contribution in [0.15, 0.2) is 23.1 Å². The average Bonchev–Trinajstić information content (AvgIpc) is 2.66. The van der Waals surface area contributed by atoms with Gasteiger partial charge in [-0.25, -0.2) is 17.5 Å². The molecule has 7 heteroatoms. The molecule has 112 valence electrons. The van der Waals surface area contributed by atoms with Crippen LogP contribution in [0.3, 0.4) is 0 Å². The summed E-state index contributed by atoms with van der Waals surface area (Å²) in [6, 6.07) is 3.54. The number of ether oxygens (including phenoxy) is 1. The summed E-state index contributed by atoms with van der Waals surface area (Å²) in [4.78, 5) is -0.0759. The van der Waals surface area contributed by atoms with Crippen molar-refractivity contribution < 1.29 is 17.5 Å². The quantitative estimate of drug-likeness (QED) is 0.878. The molecule has 1 heterocycles. The molecule has 5 nitrogen and oxygen atoms in total. The first-order chi connectivity index (χ1) is 9.53. The molecular formula is C13H19FN2O3S. The maximum Gasteiger partial charge on any atom is 0.240 e. The molecule has 0 spiro atoms. The van der Waals surface area contributed by atoms with Crippen molar-refractivity contribution in [2.75, 3.05) is 20.2 Å². The molecule has 0 aromatic heterocycles. The standard InChI is InChI=1S/C13H19FN2O3S/c1-19-13-5-4-11(9-12(13)14)20(17,18)16-10-3-2-7-15-8-6-10/h4-5,9-10,15-16H,2-3,6-8H2,1H3.